The van der Waals surface area contributed by atoms with Gasteiger partial charge in [0.15, 0.2) is 5.13 Å². The molecule has 1 saturated heterocycles. The van der Waals surface area contributed by atoms with Crippen molar-refractivity contribution in [1.29, 1.82) is 0 Å². The Morgan fingerprint density at radius 2 is 1.81 bits per heavy atom. The van der Waals surface area contributed by atoms with Crippen LogP contribution in [-0.4, -0.2) is 56.0 Å². The number of hydrogen-bond donors (Lipinski definition) is 0. The third-order valence-corrected chi connectivity index (χ3v) is 9.38. The van der Waals surface area contributed by atoms with Crippen molar-refractivity contribution in [3.05, 3.63) is 53.6 Å². The van der Waals surface area contributed by atoms with Crippen LogP contribution in [0.3, 0.4) is 0 Å². The van der Waals surface area contributed by atoms with Gasteiger partial charge in [-0.25, -0.2) is 13.4 Å². The second-order valence-corrected chi connectivity index (χ2v) is 12.1. The first-order valence-corrected chi connectivity index (χ1v) is 15.1. The monoisotopic (exact) mass is 529 g/mol. The van der Waals surface area contributed by atoms with Crippen LogP contribution in [0.1, 0.15) is 62.4 Å². The first-order chi connectivity index (χ1) is 17.4. The molecule has 0 spiro atoms. The van der Waals surface area contributed by atoms with Crippen LogP contribution in [0, 0.1) is 0 Å². The summed E-state index contributed by atoms with van der Waals surface area (Å²) in [4.78, 5) is 20.4. The van der Waals surface area contributed by atoms with Gasteiger partial charge in [-0.15, -0.1) is 0 Å². The average molecular weight is 530 g/mol. The number of carbonyl (C=O) groups excluding carboxylic acids is 1. The van der Waals surface area contributed by atoms with Crippen LogP contribution in [0.2, 0.25) is 0 Å². The number of sulfonamides is 1. The number of ether oxygens (including phenoxy) is 1. The van der Waals surface area contributed by atoms with E-state index in [0.29, 0.717) is 36.9 Å². The standard InChI is InChI=1S/C27H35N3O4S2/c1-4-15-29(16-5-2)36(32,33)23-12-10-21(11-13-23)26(31)30(19-22-8-7-17-34-22)27-28-24-14-9-20(6-3)18-25(24)35-27/h9-14,18,22H,4-8,15-17,19H2,1-3H3. The fraction of sp³-hybridized carbons (Fsp3) is 0.481. The maximum Gasteiger partial charge on any atom is 0.260 e. The van der Waals surface area contributed by atoms with Gasteiger partial charge in [-0.3, -0.25) is 9.69 Å². The van der Waals surface area contributed by atoms with Gasteiger partial charge in [0.05, 0.1) is 27.8 Å². The highest BCUT2D eigenvalue weighted by Crippen LogP contribution is 2.32. The number of amides is 1. The van der Waals surface area contributed by atoms with E-state index in [4.69, 9.17) is 9.72 Å². The van der Waals surface area contributed by atoms with Crippen LogP contribution in [0.15, 0.2) is 47.4 Å². The van der Waals surface area contributed by atoms with Crippen LogP contribution in [0.4, 0.5) is 5.13 Å². The average Bonchev–Trinajstić information content (AvgIpc) is 3.56. The Bertz CT molecular complexity index is 1280. The van der Waals surface area contributed by atoms with Crippen molar-refractivity contribution in [3.8, 4) is 0 Å². The molecular weight excluding hydrogens is 494 g/mol. The molecular formula is C27H35N3O4S2. The number of fused-ring (bicyclic) bond motifs is 1. The quantitative estimate of drug-likeness (QED) is 0.328. The summed E-state index contributed by atoms with van der Waals surface area (Å²) in [6.07, 6.45) is 4.27. The minimum Gasteiger partial charge on any atom is -0.376 e. The van der Waals surface area contributed by atoms with Gasteiger partial charge in [-0.1, -0.05) is 38.2 Å². The van der Waals surface area contributed by atoms with E-state index in [1.165, 1.54) is 33.3 Å². The highest BCUT2D eigenvalue weighted by Gasteiger charge is 2.28. The second-order valence-electron chi connectivity index (χ2n) is 9.13. The second kappa shape index (κ2) is 11.8. The fourth-order valence-electron chi connectivity index (χ4n) is 4.46. The number of nitrogens with zero attached hydrogens (tertiary/aromatic N) is 3. The lowest BCUT2D eigenvalue weighted by molar-refractivity contribution is 0.0917. The molecule has 1 aromatic heterocycles. The van der Waals surface area contributed by atoms with E-state index in [1.54, 1.807) is 17.0 Å². The molecule has 1 aliphatic rings. The van der Waals surface area contributed by atoms with Crippen LogP contribution < -0.4 is 4.90 Å². The largest absolute Gasteiger partial charge is 0.376 e. The Morgan fingerprint density at radius 1 is 1.08 bits per heavy atom. The predicted molar refractivity (Wildman–Crippen MR) is 145 cm³/mol. The maximum absolute atomic E-state index is 13.7. The van der Waals surface area contributed by atoms with E-state index >= 15 is 0 Å². The fourth-order valence-corrected chi connectivity index (χ4v) is 7.12. The van der Waals surface area contributed by atoms with E-state index in [9.17, 15) is 13.2 Å². The van der Waals surface area contributed by atoms with E-state index in [0.717, 1.165) is 42.3 Å². The molecule has 194 valence electrons. The van der Waals surface area contributed by atoms with Gasteiger partial charge >= 0.3 is 0 Å². The van der Waals surface area contributed by atoms with Gasteiger partial charge in [0.2, 0.25) is 10.0 Å². The number of aromatic nitrogens is 1. The van der Waals surface area contributed by atoms with E-state index in [2.05, 4.69) is 19.1 Å². The molecule has 0 bridgehead atoms. The summed E-state index contributed by atoms with van der Waals surface area (Å²) in [5.41, 5.74) is 2.52. The van der Waals surface area contributed by atoms with Crippen LogP contribution in [-0.2, 0) is 21.2 Å². The summed E-state index contributed by atoms with van der Waals surface area (Å²) >= 11 is 1.50. The minimum atomic E-state index is -3.60. The summed E-state index contributed by atoms with van der Waals surface area (Å²) in [5, 5.41) is 0.632. The maximum atomic E-state index is 13.7. The van der Waals surface area contributed by atoms with Crippen molar-refractivity contribution < 1.29 is 17.9 Å². The van der Waals surface area contributed by atoms with E-state index < -0.39 is 10.0 Å². The summed E-state index contributed by atoms with van der Waals surface area (Å²) in [5.74, 6) is -0.205. The molecule has 2 aromatic carbocycles. The number of benzene rings is 2. The van der Waals surface area contributed by atoms with Crippen molar-refractivity contribution in [2.75, 3.05) is 31.1 Å². The minimum absolute atomic E-state index is 0.0385. The summed E-state index contributed by atoms with van der Waals surface area (Å²) in [6.45, 7) is 8.11. The van der Waals surface area contributed by atoms with Crippen molar-refractivity contribution in [1.82, 2.24) is 9.29 Å². The van der Waals surface area contributed by atoms with Crippen molar-refractivity contribution in [3.63, 3.8) is 0 Å². The number of hydrogen-bond acceptors (Lipinski definition) is 6. The predicted octanol–water partition coefficient (Wildman–Crippen LogP) is 5.50. The zero-order valence-electron chi connectivity index (χ0n) is 21.3. The highest BCUT2D eigenvalue weighted by atomic mass is 32.2. The first-order valence-electron chi connectivity index (χ1n) is 12.8. The summed E-state index contributed by atoms with van der Waals surface area (Å²) in [6, 6.07) is 12.5. The van der Waals surface area contributed by atoms with Crippen molar-refractivity contribution in [2.45, 2.75) is 63.9 Å². The highest BCUT2D eigenvalue weighted by molar-refractivity contribution is 7.89. The normalized spacial score (nSPS) is 16.2. The molecule has 3 aromatic rings. The molecule has 0 radical (unpaired) electrons. The van der Waals surface area contributed by atoms with Gasteiger partial charge in [0.25, 0.3) is 5.91 Å². The lowest BCUT2D eigenvalue weighted by Crippen LogP contribution is -2.37. The smallest absolute Gasteiger partial charge is 0.260 e. The van der Waals surface area contributed by atoms with E-state index in [-0.39, 0.29) is 16.9 Å². The molecule has 1 unspecified atom stereocenters. The number of thiazole rings is 1. The molecule has 2 heterocycles. The van der Waals surface area contributed by atoms with Crippen LogP contribution >= 0.6 is 11.3 Å². The van der Waals surface area contributed by atoms with Gasteiger partial charge in [0, 0.05) is 25.3 Å². The number of carbonyl (C=O) groups is 1. The van der Waals surface area contributed by atoms with Crippen molar-refractivity contribution in [2.24, 2.45) is 0 Å². The molecule has 36 heavy (non-hydrogen) atoms. The number of aryl methyl sites for hydroxylation is 1. The van der Waals surface area contributed by atoms with E-state index in [1.807, 2.05) is 19.9 Å². The van der Waals surface area contributed by atoms with Crippen LogP contribution in [0.5, 0.6) is 0 Å². The van der Waals surface area contributed by atoms with Gasteiger partial charge in [-0.2, -0.15) is 4.31 Å². The van der Waals surface area contributed by atoms with Crippen molar-refractivity contribution >= 4 is 42.6 Å². The third-order valence-electron chi connectivity index (χ3n) is 6.42. The third kappa shape index (κ3) is 5.80. The van der Waals surface area contributed by atoms with Crippen LogP contribution in [0.25, 0.3) is 10.2 Å². The summed E-state index contributed by atoms with van der Waals surface area (Å²) in [7, 11) is -3.60. The molecule has 0 N–H and O–H groups in total. The Hall–Kier alpha value is -2.33. The molecule has 1 amide bonds. The lowest BCUT2D eigenvalue weighted by atomic mass is 10.1. The first kappa shape index (κ1) is 26.7. The topological polar surface area (TPSA) is 79.8 Å². The Labute approximate surface area is 218 Å². The van der Waals surface area contributed by atoms with Gasteiger partial charge in [-0.05, 0) is 74.1 Å². The molecule has 0 saturated carbocycles. The Kier molecular flexibility index (Phi) is 8.77. The molecule has 0 aliphatic carbocycles. The molecule has 7 nitrogen and oxygen atoms in total. The molecule has 4 rings (SSSR count). The zero-order chi connectivity index (χ0) is 25.7. The SMILES string of the molecule is CCCN(CCC)S(=O)(=O)c1ccc(C(=O)N(CC2CCCO2)c2nc3ccc(CC)cc3s2)cc1. The molecule has 1 atom stereocenters. The number of rotatable bonds is 11. The molecule has 1 aliphatic heterocycles. The Morgan fingerprint density at radius 3 is 2.42 bits per heavy atom. The van der Waals surface area contributed by atoms with Gasteiger partial charge in [0.1, 0.15) is 0 Å². The number of anilines is 1. The zero-order valence-corrected chi connectivity index (χ0v) is 22.9. The van der Waals surface area contributed by atoms with Gasteiger partial charge < -0.3 is 4.74 Å². The summed E-state index contributed by atoms with van der Waals surface area (Å²) < 4.78 is 34.7. The lowest BCUT2D eigenvalue weighted by Gasteiger charge is -2.23. The molecule has 9 heteroatoms. The Balaban J connectivity index is 1.63. The molecule has 1 fully saturated rings.